The Balaban J connectivity index is 1.95. The minimum Gasteiger partial charge on any atom is -0.476 e. The van der Waals surface area contributed by atoms with Gasteiger partial charge < -0.3 is 9.67 Å². The second kappa shape index (κ2) is 6.54. The van der Waals surface area contributed by atoms with Gasteiger partial charge in [-0.05, 0) is 46.9 Å². The predicted octanol–water partition coefficient (Wildman–Crippen LogP) is 1.16. The van der Waals surface area contributed by atoms with Crippen LogP contribution in [0.4, 0.5) is 0 Å². The van der Waals surface area contributed by atoms with Crippen molar-refractivity contribution in [3.8, 4) is 0 Å². The minimum absolute atomic E-state index is 0.0736. The molecule has 0 spiro atoms. The molecule has 0 aliphatic rings. The lowest BCUT2D eigenvalue weighted by molar-refractivity contribution is 0.0691. The van der Waals surface area contributed by atoms with E-state index in [4.69, 9.17) is 5.11 Å². The summed E-state index contributed by atoms with van der Waals surface area (Å²) in [6.07, 6.45) is 2.70. The van der Waals surface area contributed by atoms with E-state index in [0.717, 1.165) is 3.57 Å². The molecule has 0 bridgehead atoms. The van der Waals surface area contributed by atoms with Crippen LogP contribution in [0, 0.1) is 3.57 Å². The third-order valence-corrected chi connectivity index (χ3v) is 4.83. The monoisotopic (exact) mass is 421 g/mol. The van der Waals surface area contributed by atoms with E-state index < -0.39 is 16.0 Å². The summed E-state index contributed by atoms with van der Waals surface area (Å²) >= 11 is 2.10. The number of halogens is 1. The summed E-state index contributed by atoms with van der Waals surface area (Å²) in [4.78, 5) is 14.6. The van der Waals surface area contributed by atoms with Crippen LogP contribution in [0.1, 0.15) is 10.5 Å². The molecule has 2 aromatic rings. The van der Waals surface area contributed by atoms with Gasteiger partial charge in [0.1, 0.15) is 0 Å². The molecule has 7 nitrogen and oxygen atoms in total. The fourth-order valence-electron chi connectivity index (χ4n) is 1.60. The van der Waals surface area contributed by atoms with Crippen molar-refractivity contribution < 1.29 is 18.3 Å². The number of rotatable bonds is 6. The van der Waals surface area contributed by atoms with Gasteiger partial charge in [0, 0.05) is 22.9 Å². The van der Waals surface area contributed by atoms with Gasteiger partial charge in [-0.3, -0.25) is 0 Å². The van der Waals surface area contributed by atoms with Crippen molar-refractivity contribution >= 4 is 38.6 Å². The van der Waals surface area contributed by atoms with Crippen LogP contribution < -0.4 is 4.72 Å². The summed E-state index contributed by atoms with van der Waals surface area (Å²) in [6.45, 7) is 0.438. The summed E-state index contributed by atoms with van der Waals surface area (Å²) in [5.41, 5.74) is -0.0736. The standard InChI is InChI=1S/C12H12IN3O4S/c13-9-1-3-10(4-2-9)21(19,20)15-5-6-16-7-11(12(17)18)14-8-16/h1-4,7-8,15H,5-6H2,(H,17,18). The first-order chi connectivity index (χ1) is 9.88. The Kier molecular flexibility index (Phi) is 4.96. The van der Waals surface area contributed by atoms with E-state index in [1.54, 1.807) is 12.1 Å². The van der Waals surface area contributed by atoms with Crippen molar-refractivity contribution in [2.75, 3.05) is 6.54 Å². The van der Waals surface area contributed by atoms with Crippen LogP contribution >= 0.6 is 22.6 Å². The van der Waals surface area contributed by atoms with Gasteiger partial charge in [0.25, 0.3) is 0 Å². The summed E-state index contributed by atoms with van der Waals surface area (Å²) in [5.74, 6) is -1.12. The van der Waals surface area contributed by atoms with Crippen LogP contribution in [0.15, 0.2) is 41.7 Å². The van der Waals surface area contributed by atoms with Gasteiger partial charge in [-0.25, -0.2) is 22.9 Å². The molecule has 0 amide bonds. The number of sulfonamides is 1. The van der Waals surface area contributed by atoms with Crippen molar-refractivity contribution in [3.63, 3.8) is 0 Å². The van der Waals surface area contributed by atoms with Gasteiger partial charge in [-0.15, -0.1) is 0 Å². The third-order valence-electron chi connectivity index (χ3n) is 2.64. The number of aromatic carboxylic acids is 1. The summed E-state index contributed by atoms with van der Waals surface area (Å²) in [5, 5.41) is 8.74. The number of imidazole rings is 1. The molecule has 112 valence electrons. The summed E-state index contributed by atoms with van der Waals surface area (Å²) in [7, 11) is -3.56. The molecule has 0 aliphatic heterocycles. The summed E-state index contributed by atoms with van der Waals surface area (Å²) in [6, 6.07) is 6.49. The molecule has 0 atom stereocenters. The van der Waals surface area contributed by atoms with E-state index in [0.29, 0.717) is 6.54 Å². The van der Waals surface area contributed by atoms with E-state index in [9.17, 15) is 13.2 Å². The number of benzene rings is 1. The molecular formula is C12H12IN3O4S. The lowest BCUT2D eigenvalue weighted by atomic mass is 10.4. The zero-order chi connectivity index (χ0) is 15.5. The maximum Gasteiger partial charge on any atom is 0.356 e. The number of carbonyl (C=O) groups is 1. The number of hydrogen-bond acceptors (Lipinski definition) is 4. The molecule has 1 aromatic carbocycles. The Morgan fingerprint density at radius 1 is 1.33 bits per heavy atom. The highest BCUT2D eigenvalue weighted by Crippen LogP contribution is 2.11. The Labute approximate surface area is 135 Å². The molecule has 9 heteroatoms. The first kappa shape index (κ1) is 15.9. The highest BCUT2D eigenvalue weighted by molar-refractivity contribution is 14.1. The molecule has 0 aliphatic carbocycles. The lowest BCUT2D eigenvalue weighted by Crippen LogP contribution is -2.27. The SMILES string of the molecule is O=C(O)c1cn(CCNS(=O)(=O)c2ccc(I)cc2)cn1. The maximum atomic E-state index is 12.0. The Hall–Kier alpha value is -1.46. The maximum absolute atomic E-state index is 12.0. The second-order valence-corrected chi connectivity index (χ2v) is 7.17. The normalized spacial score (nSPS) is 11.5. The number of carboxylic acid groups (broad SMARTS) is 1. The van der Waals surface area contributed by atoms with Crippen LogP contribution in [0.25, 0.3) is 0 Å². The van der Waals surface area contributed by atoms with Crippen LogP contribution in [-0.4, -0.2) is 35.6 Å². The van der Waals surface area contributed by atoms with E-state index in [2.05, 4.69) is 32.3 Å². The van der Waals surface area contributed by atoms with Crippen LogP contribution in [0.2, 0.25) is 0 Å². The highest BCUT2D eigenvalue weighted by atomic mass is 127. The van der Waals surface area contributed by atoms with Crippen LogP contribution in [0.3, 0.4) is 0 Å². The first-order valence-corrected chi connectivity index (χ1v) is 8.45. The number of aromatic nitrogens is 2. The topological polar surface area (TPSA) is 101 Å². The van der Waals surface area contributed by atoms with E-state index in [1.165, 1.54) is 29.2 Å². The van der Waals surface area contributed by atoms with E-state index >= 15 is 0 Å². The molecule has 21 heavy (non-hydrogen) atoms. The molecular weight excluding hydrogens is 409 g/mol. The zero-order valence-corrected chi connectivity index (χ0v) is 13.7. The van der Waals surface area contributed by atoms with Crippen molar-refractivity contribution in [3.05, 3.63) is 46.1 Å². The number of nitrogens with one attached hydrogen (secondary N) is 1. The molecule has 0 radical (unpaired) electrons. The van der Waals surface area contributed by atoms with Gasteiger partial charge in [0.2, 0.25) is 10.0 Å². The van der Waals surface area contributed by atoms with Gasteiger partial charge in [-0.1, -0.05) is 0 Å². The molecule has 2 rings (SSSR count). The molecule has 0 unspecified atom stereocenters. The third kappa shape index (κ3) is 4.25. The van der Waals surface area contributed by atoms with Crippen molar-refractivity contribution in [2.45, 2.75) is 11.4 Å². The largest absolute Gasteiger partial charge is 0.476 e. The van der Waals surface area contributed by atoms with Gasteiger partial charge in [-0.2, -0.15) is 0 Å². The fraction of sp³-hybridized carbons (Fsp3) is 0.167. The molecule has 0 saturated heterocycles. The predicted molar refractivity (Wildman–Crippen MR) is 83.5 cm³/mol. The average Bonchev–Trinajstić information content (AvgIpc) is 2.88. The van der Waals surface area contributed by atoms with Crippen LogP contribution in [-0.2, 0) is 16.6 Å². The first-order valence-electron chi connectivity index (χ1n) is 5.89. The molecule has 2 N–H and O–H groups in total. The van der Waals surface area contributed by atoms with Crippen molar-refractivity contribution in [2.24, 2.45) is 0 Å². The Bertz CT molecular complexity index is 740. The van der Waals surface area contributed by atoms with Gasteiger partial charge >= 0.3 is 5.97 Å². The smallest absolute Gasteiger partial charge is 0.356 e. The molecule has 1 aromatic heterocycles. The lowest BCUT2D eigenvalue weighted by Gasteiger charge is -2.07. The quantitative estimate of drug-likeness (QED) is 0.682. The number of hydrogen-bond donors (Lipinski definition) is 2. The Morgan fingerprint density at radius 3 is 2.57 bits per heavy atom. The average molecular weight is 421 g/mol. The van der Waals surface area contributed by atoms with Crippen LogP contribution in [0.5, 0.6) is 0 Å². The fourth-order valence-corrected chi connectivity index (χ4v) is 2.98. The second-order valence-electron chi connectivity index (χ2n) is 4.15. The van der Waals surface area contributed by atoms with Crippen molar-refractivity contribution in [1.82, 2.24) is 14.3 Å². The van der Waals surface area contributed by atoms with Gasteiger partial charge in [0.05, 0.1) is 11.2 Å². The molecule has 0 fully saturated rings. The van der Waals surface area contributed by atoms with E-state index in [-0.39, 0.29) is 17.1 Å². The number of nitrogens with zero attached hydrogens (tertiary/aromatic N) is 2. The Morgan fingerprint density at radius 2 is 2.00 bits per heavy atom. The molecule has 1 heterocycles. The summed E-state index contributed by atoms with van der Waals surface area (Å²) < 4.78 is 28.9. The van der Waals surface area contributed by atoms with Crippen molar-refractivity contribution in [1.29, 1.82) is 0 Å². The van der Waals surface area contributed by atoms with E-state index in [1.807, 2.05) is 0 Å². The number of carboxylic acids is 1. The molecule has 0 saturated carbocycles. The minimum atomic E-state index is -3.56. The zero-order valence-electron chi connectivity index (χ0n) is 10.7. The highest BCUT2D eigenvalue weighted by Gasteiger charge is 2.13. The van der Waals surface area contributed by atoms with Gasteiger partial charge in [0.15, 0.2) is 5.69 Å².